The van der Waals surface area contributed by atoms with Crippen molar-refractivity contribution in [3.8, 4) is 0 Å². The van der Waals surface area contributed by atoms with Crippen molar-refractivity contribution in [2.24, 2.45) is 0 Å². The second-order valence-electron chi connectivity index (χ2n) is 4.37. The lowest BCUT2D eigenvalue weighted by molar-refractivity contribution is 0.466. The van der Waals surface area contributed by atoms with Gasteiger partial charge in [-0.2, -0.15) is 0 Å². The summed E-state index contributed by atoms with van der Waals surface area (Å²) in [5.74, 6) is 0.928. The number of anilines is 1. The molecule has 2 rings (SSSR count). The predicted octanol–water partition coefficient (Wildman–Crippen LogP) is 3.63. The van der Waals surface area contributed by atoms with E-state index in [1.165, 1.54) is 6.07 Å². The molecule has 0 bridgehead atoms. The Morgan fingerprint density at radius 1 is 1.24 bits per heavy atom. The number of sulfonamides is 1. The van der Waals surface area contributed by atoms with Crippen LogP contribution in [0.4, 0.5) is 5.69 Å². The van der Waals surface area contributed by atoms with E-state index < -0.39 is 10.0 Å². The van der Waals surface area contributed by atoms with E-state index in [1.54, 1.807) is 32.2 Å². The van der Waals surface area contributed by atoms with E-state index in [2.05, 4.69) is 41.9 Å². The van der Waals surface area contributed by atoms with Gasteiger partial charge in [-0.15, -0.1) is 0 Å². The van der Waals surface area contributed by atoms with Crippen LogP contribution in [0.3, 0.4) is 0 Å². The maximum atomic E-state index is 12.5. The van der Waals surface area contributed by atoms with E-state index in [-0.39, 0.29) is 4.90 Å². The number of para-hydroxylation sites is 1. The van der Waals surface area contributed by atoms with Gasteiger partial charge in [0.1, 0.15) is 16.4 Å². The summed E-state index contributed by atoms with van der Waals surface area (Å²) in [6.45, 7) is 2.10. The van der Waals surface area contributed by atoms with Crippen molar-refractivity contribution in [3.63, 3.8) is 0 Å². The topological polar surface area (TPSA) is 71.3 Å². The monoisotopic (exact) mass is 436 g/mol. The molecule has 1 aromatic heterocycles. The van der Waals surface area contributed by atoms with E-state index in [4.69, 9.17) is 4.42 Å². The summed E-state index contributed by atoms with van der Waals surface area (Å²) in [5, 5.41) is 2.92. The van der Waals surface area contributed by atoms with Gasteiger partial charge in [-0.3, -0.25) is 4.72 Å². The molecular weight excluding hydrogens is 424 g/mol. The van der Waals surface area contributed by atoms with Crippen LogP contribution in [0.25, 0.3) is 0 Å². The number of nitrogens with one attached hydrogen (secondary N) is 2. The molecule has 0 aliphatic heterocycles. The summed E-state index contributed by atoms with van der Waals surface area (Å²) in [5.41, 5.74) is 0.452. The van der Waals surface area contributed by atoms with Crippen molar-refractivity contribution in [2.75, 3.05) is 11.8 Å². The maximum absolute atomic E-state index is 12.5. The van der Waals surface area contributed by atoms with Crippen LogP contribution in [0.5, 0.6) is 0 Å². The van der Waals surface area contributed by atoms with Gasteiger partial charge in [0.25, 0.3) is 10.0 Å². The molecule has 21 heavy (non-hydrogen) atoms. The molecule has 1 aromatic carbocycles. The van der Waals surface area contributed by atoms with Crippen molar-refractivity contribution in [3.05, 3.63) is 44.7 Å². The summed E-state index contributed by atoms with van der Waals surface area (Å²) in [4.78, 5) is 0.135. The lowest BCUT2D eigenvalue weighted by atomic mass is 10.3. The molecule has 1 heterocycles. The molecule has 0 aliphatic carbocycles. The Hall–Kier alpha value is -0.830. The minimum Gasteiger partial charge on any atom is -0.464 e. The van der Waals surface area contributed by atoms with Gasteiger partial charge in [-0.25, -0.2) is 8.42 Å². The van der Waals surface area contributed by atoms with Crippen LogP contribution in [-0.2, 0) is 16.6 Å². The van der Waals surface area contributed by atoms with Crippen molar-refractivity contribution >= 4 is 47.6 Å². The van der Waals surface area contributed by atoms with Crippen molar-refractivity contribution in [2.45, 2.75) is 18.4 Å². The fourth-order valence-electron chi connectivity index (χ4n) is 1.84. The van der Waals surface area contributed by atoms with E-state index in [9.17, 15) is 8.42 Å². The zero-order valence-corrected chi connectivity index (χ0v) is 15.4. The van der Waals surface area contributed by atoms with Crippen LogP contribution >= 0.6 is 31.9 Å². The Kier molecular flexibility index (Phi) is 5.13. The van der Waals surface area contributed by atoms with Crippen molar-refractivity contribution in [1.82, 2.24) is 5.32 Å². The maximum Gasteiger partial charge on any atom is 0.265 e. The van der Waals surface area contributed by atoms with Gasteiger partial charge in [0.15, 0.2) is 0 Å². The molecule has 0 fully saturated rings. The highest BCUT2D eigenvalue weighted by Crippen LogP contribution is 2.33. The summed E-state index contributed by atoms with van der Waals surface area (Å²) >= 11 is 6.66. The van der Waals surface area contributed by atoms with Gasteiger partial charge in [-0.05, 0) is 58.0 Å². The van der Waals surface area contributed by atoms with Gasteiger partial charge in [-0.1, -0.05) is 6.07 Å². The molecule has 2 N–H and O–H groups in total. The Labute approximate surface area is 140 Å². The number of hydrogen-bond donors (Lipinski definition) is 2. The molecule has 0 saturated heterocycles. The molecule has 0 saturated carbocycles. The van der Waals surface area contributed by atoms with Gasteiger partial charge in [0.2, 0.25) is 0 Å². The van der Waals surface area contributed by atoms with E-state index in [0.717, 1.165) is 0 Å². The third kappa shape index (κ3) is 3.68. The molecule has 5 nitrogen and oxygen atoms in total. The molecule has 0 unspecified atom stereocenters. The molecular formula is C13H14Br2N2O3S. The Morgan fingerprint density at radius 2 is 1.86 bits per heavy atom. The molecule has 0 spiro atoms. The van der Waals surface area contributed by atoms with Gasteiger partial charge in [0.05, 0.1) is 12.2 Å². The summed E-state index contributed by atoms with van der Waals surface area (Å²) in [6, 6.07) is 6.85. The van der Waals surface area contributed by atoms with Crippen LogP contribution in [0, 0.1) is 6.92 Å². The van der Waals surface area contributed by atoms with Crippen molar-refractivity contribution in [1.29, 1.82) is 0 Å². The summed E-state index contributed by atoms with van der Waals surface area (Å²) < 4.78 is 34.3. The highest BCUT2D eigenvalue weighted by Gasteiger charge is 2.23. The number of furan rings is 1. The normalized spacial score (nSPS) is 11.6. The quantitative estimate of drug-likeness (QED) is 0.749. The first-order valence-electron chi connectivity index (χ1n) is 6.06. The third-order valence-electron chi connectivity index (χ3n) is 2.76. The number of hydrogen-bond acceptors (Lipinski definition) is 4. The first kappa shape index (κ1) is 16.5. The molecule has 2 aromatic rings. The Morgan fingerprint density at radius 3 is 2.43 bits per heavy atom. The van der Waals surface area contributed by atoms with Crippen LogP contribution < -0.4 is 10.0 Å². The largest absolute Gasteiger partial charge is 0.464 e. The number of aryl methyl sites for hydroxylation is 1. The predicted molar refractivity (Wildman–Crippen MR) is 88.9 cm³/mol. The van der Waals surface area contributed by atoms with Crippen LogP contribution in [0.15, 0.2) is 42.5 Å². The standard InChI is InChI=1S/C13H14Br2N2O3S/c1-8-12(6-9(20-8)7-16-2)21(18,19)17-13-10(14)4-3-5-11(13)15/h3-6,16-17H,7H2,1-2H3. The number of halogens is 2. The summed E-state index contributed by atoms with van der Waals surface area (Å²) in [7, 11) is -1.95. The van der Waals surface area contributed by atoms with Crippen LogP contribution in [0.2, 0.25) is 0 Å². The summed E-state index contributed by atoms with van der Waals surface area (Å²) in [6.07, 6.45) is 0. The first-order chi connectivity index (χ1) is 9.85. The Bertz CT molecular complexity index is 737. The molecule has 0 radical (unpaired) electrons. The SMILES string of the molecule is CNCc1cc(S(=O)(=O)Nc2c(Br)cccc2Br)c(C)o1. The van der Waals surface area contributed by atoms with Crippen molar-refractivity contribution < 1.29 is 12.8 Å². The fourth-order valence-corrected chi connectivity index (χ4v) is 4.60. The van der Waals surface area contributed by atoms with E-state index >= 15 is 0 Å². The van der Waals surface area contributed by atoms with Gasteiger partial charge < -0.3 is 9.73 Å². The van der Waals surface area contributed by atoms with Crippen LogP contribution in [0.1, 0.15) is 11.5 Å². The molecule has 8 heteroatoms. The number of benzene rings is 1. The molecule has 0 atom stereocenters. The molecule has 0 amide bonds. The van der Waals surface area contributed by atoms with E-state index in [1.807, 2.05) is 0 Å². The third-order valence-corrected chi connectivity index (χ3v) is 5.54. The zero-order valence-electron chi connectivity index (χ0n) is 11.4. The molecule has 0 aliphatic rings. The highest BCUT2D eigenvalue weighted by atomic mass is 79.9. The van der Waals surface area contributed by atoms with Gasteiger partial charge in [0, 0.05) is 15.0 Å². The first-order valence-corrected chi connectivity index (χ1v) is 9.13. The average Bonchev–Trinajstić information content (AvgIpc) is 2.76. The fraction of sp³-hybridized carbons (Fsp3) is 0.231. The minimum absolute atomic E-state index is 0.135. The van der Waals surface area contributed by atoms with Crippen LogP contribution in [-0.4, -0.2) is 15.5 Å². The highest BCUT2D eigenvalue weighted by molar-refractivity contribution is 9.11. The second kappa shape index (κ2) is 6.51. The molecule has 114 valence electrons. The lowest BCUT2D eigenvalue weighted by Crippen LogP contribution is -2.14. The second-order valence-corrected chi connectivity index (χ2v) is 7.73. The van der Waals surface area contributed by atoms with Gasteiger partial charge >= 0.3 is 0 Å². The average molecular weight is 438 g/mol. The minimum atomic E-state index is -3.72. The Balaban J connectivity index is 2.39. The van der Waals surface area contributed by atoms with E-state index in [0.29, 0.717) is 32.7 Å². The lowest BCUT2D eigenvalue weighted by Gasteiger charge is -2.10. The number of rotatable bonds is 5. The zero-order chi connectivity index (χ0) is 15.6. The smallest absolute Gasteiger partial charge is 0.265 e.